The van der Waals surface area contributed by atoms with Crippen molar-refractivity contribution in [3.63, 3.8) is 0 Å². The lowest BCUT2D eigenvalue weighted by Gasteiger charge is -2.51. The van der Waals surface area contributed by atoms with Gasteiger partial charge in [-0.05, 0) is 25.7 Å². The normalized spacial score (nSPS) is 19.7. The zero-order chi connectivity index (χ0) is 19.2. The second kappa shape index (κ2) is 6.78. The van der Waals surface area contributed by atoms with Crippen molar-refractivity contribution in [2.45, 2.75) is 45.6 Å². The number of piperidine rings is 1. The van der Waals surface area contributed by atoms with Crippen LogP contribution in [0, 0.1) is 12.8 Å². The number of imidazole rings is 1. The van der Waals surface area contributed by atoms with E-state index in [0.29, 0.717) is 5.92 Å². The van der Waals surface area contributed by atoms with Crippen molar-refractivity contribution in [2.75, 3.05) is 26.2 Å². The van der Waals surface area contributed by atoms with Crippen LogP contribution in [0.5, 0.6) is 0 Å². The molecule has 0 aromatic carbocycles. The van der Waals surface area contributed by atoms with Crippen LogP contribution in [-0.4, -0.2) is 61.6 Å². The quantitative estimate of drug-likeness (QED) is 0.898. The van der Waals surface area contributed by atoms with Crippen LogP contribution in [0.3, 0.4) is 0 Å². The first-order valence-corrected chi connectivity index (χ1v) is 9.98. The number of nitrogens with one attached hydrogen (secondary N) is 1. The van der Waals surface area contributed by atoms with Crippen molar-refractivity contribution < 1.29 is 4.79 Å². The number of likely N-dealkylation sites (tertiary alicyclic amines) is 1. The van der Waals surface area contributed by atoms with Gasteiger partial charge in [0.15, 0.2) is 0 Å². The molecule has 7 heteroatoms. The van der Waals surface area contributed by atoms with Gasteiger partial charge < -0.3 is 9.88 Å². The van der Waals surface area contributed by atoms with E-state index in [2.05, 4.69) is 28.8 Å². The summed E-state index contributed by atoms with van der Waals surface area (Å²) in [6, 6.07) is 0. The fourth-order valence-electron chi connectivity index (χ4n) is 4.84. The van der Waals surface area contributed by atoms with Crippen molar-refractivity contribution >= 4 is 5.91 Å². The molecule has 0 aliphatic carbocycles. The zero-order valence-electron chi connectivity index (χ0n) is 16.8. The SMILES string of the molecule is Cc1nn(C)cc1C(=O)N1CCC2(CC1)c1nc[nH]c1CCN2CC(C)C. The van der Waals surface area contributed by atoms with Gasteiger partial charge in [-0.25, -0.2) is 4.98 Å². The molecule has 2 aromatic rings. The fourth-order valence-corrected chi connectivity index (χ4v) is 4.84. The maximum absolute atomic E-state index is 13.0. The van der Waals surface area contributed by atoms with E-state index in [4.69, 9.17) is 4.98 Å². The zero-order valence-corrected chi connectivity index (χ0v) is 16.8. The maximum atomic E-state index is 13.0. The molecule has 1 amide bonds. The van der Waals surface area contributed by atoms with E-state index in [0.717, 1.165) is 56.7 Å². The number of carbonyl (C=O) groups excluding carboxylic acids is 1. The Hall–Kier alpha value is -2.15. The molecule has 0 radical (unpaired) electrons. The molecule has 1 spiro atoms. The number of rotatable bonds is 3. The Morgan fingerprint density at radius 3 is 2.67 bits per heavy atom. The smallest absolute Gasteiger partial charge is 0.257 e. The van der Waals surface area contributed by atoms with Gasteiger partial charge in [0.2, 0.25) is 0 Å². The predicted molar refractivity (Wildman–Crippen MR) is 103 cm³/mol. The Bertz CT molecular complexity index is 827. The van der Waals surface area contributed by atoms with Gasteiger partial charge in [-0.1, -0.05) is 13.8 Å². The van der Waals surface area contributed by atoms with Crippen LogP contribution in [0.1, 0.15) is 54.1 Å². The number of carbonyl (C=O) groups is 1. The molecule has 0 unspecified atom stereocenters. The minimum atomic E-state index is -0.0430. The van der Waals surface area contributed by atoms with E-state index >= 15 is 0 Å². The summed E-state index contributed by atoms with van der Waals surface area (Å²) >= 11 is 0. The molecule has 1 saturated heterocycles. The number of amides is 1. The van der Waals surface area contributed by atoms with Crippen molar-refractivity contribution in [1.82, 2.24) is 29.5 Å². The lowest BCUT2D eigenvalue weighted by atomic mass is 9.78. The summed E-state index contributed by atoms with van der Waals surface area (Å²) in [5.41, 5.74) is 3.96. The van der Waals surface area contributed by atoms with Gasteiger partial charge in [-0.15, -0.1) is 0 Å². The number of aromatic amines is 1. The van der Waals surface area contributed by atoms with Gasteiger partial charge in [0.1, 0.15) is 0 Å². The highest BCUT2D eigenvalue weighted by molar-refractivity contribution is 5.95. The molecule has 4 heterocycles. The standard InChI is InChI=1S/C20H30N6O/c1-14(2)11-26-8-5-17-18(22-13-21-17)20(26)6-9-25(10-7-20)19(27)16-12-24(4)23-15(16)3/h12-14H,5-11H2,1-4H3,(H,21,22). The van der Waals surface area contributed by atoms with Gasteiger partial charge in [-0.3, -0.25) is 14.4 Å². The van der Waals surface area contributed by atoms with Crippen LogP contribution in [0.25, 0.3) is 0 Å². The number of aromatic nitrogens is 4. The highest BCUT2D eigenvalue weighted by Gasteiger charge is 2.47. The molecule has 0 saturated carbocycles. The van der Waals surface area contributed by atoms with Crippen LogP contribution in [0.2, 0.25) is 0 Å². The van der Waals surface area contributed by atoms with E-state index in [1.807, 2.05) is 31.4 Å². The maximum Gasteiger partial charge on any atom is 0.257 e. The Labute approximate surface area is 160 Å². The summed E-state index contributed by atoms with van der Waals surface area (Å²) in [6.45, 7) is 10.1. The van der Waals surface area contributed by atoms with Gasteiger partial charge in [0.05, 0.1) is 28.8 Å². The van der Waals surface area contributed by atoms with Gasteiger partial charge in [0.25, 0.3) is 5.91 Å². The van der Waals surface area contributed by atoms with Gasteiger partial charge in [-0.2, -0.15) is 5.10 Å². The van der Waals surface area contributed by atoms with Crippen LogP contribution in [0.4, 0.5) is 0 Å². The van der Waals surface area contributed by atoms with Gasteiger partial charge in [0, 0.05) is 51.5 Å². The molecule has 1 fully saturated rings. The van der Waals surface area contributed by atoms with E-state index in [9.17, 15) is 4.79 Å². The minimum Gasteiger partial charge on any atom is -0.348 e. The number of hydrogen-bond donors (Lipinski definition) is 1. The van der Waals surface area contributed by atoms with E-state index in [1.165, 1.54) is 11.4 Å². The summed E-state index contributed by atoms with van der Waals surface area (Å²) in [7, 11) is 1.86. The first-order valence-electron chi connectivity index (χ1n) is 9.98. The van der Waals surface area contributed by atoms with Crippen molar-refractivity contribution in [2.24, 2.45) is 13.0 Å². The fraction of sp³-hybridized carbons (Fsp3) is 0.650. The van der Waals surface area contributed by atoms with E-state index < -0.39 is 0 Å². The molecular weight excluding hydrogens is 340 g/mol. The molecule has 2 aliphatic rings. The lowest BCUT2D eigenvalue weighted by molar-refractivity contribution is 0.000599. The average molecular weight is 371 g/mol. The first kappa shape index (κ1) is 18.2. The van der Waals surface area contributed by atoms with Crippen molar-refractivity contribution in [3.05, 3.63) is 35.2 Å². The first-order chi connectivity index (χ1) is 12.9. The summed E-state index contributed by atoms with van der Waals surface area (Å²) < 4.78 is 1.72. The molecule has 2 aromatic heterocycles. The minimum absolute atomic E-state index is 0.0430. The predicted octanol–water partition coefficient (Wildman–Crippen LogP) is 2.10. The molecule has 2 aliphatic heterocycles. The highest BCUT2D eigenvalue weighted by Crippen LogP contribution is 2.42. The number of hydrogen-bond acceptors (Lipinski definition) is 4. The van der Waals surface area contributed by atoms with Crippen LogP contribution in [-0.2, 0) is 19.0 Å². The third-order valence-electron chi connectivity index (χ3n) is 6.10. The second-order valence-electron chi connectivity index (χ2n) is 8.45. The third kappa shape index (κ3) is 3.08. The Balaban J connectivity index is 1.57. The second-order valence-corrected chi connectivity index (χ2v) is 8.45. The third-order valence-corrected chi connectivity index (χ3v) is 6.10. The molecular formula is C20H30N6O. The average Bonchev–Trinajstić information content (AvgIpc) is 3.24. The summed E-state index contributed by atoms with van der Waals surface area (Å²) in [6.07, 6.45) is 6.56. The molecule has 0 bridgehead atoms. The Morgan fingerprint density at radius 2 is 2.04 bits per heavy atom. The summed E-state index contributed by atoms with van der Waals surface area (Å²) in [4.78, 5) is 25.7. The Morgan fingerprint density at radius 1 is 1.30 bits per heavy atom. The molecule has 0 atom stereocenters. The van der Waals surface area contributed by atoms with Crippen LogP contribution >= 0.6 is 0 Å². The molecule has 1 N–H and O–H groups in total. The number of nitrogens with zero attached hydrogens (tertiary/aromatic N) is 5. The van der Waals surface area contributed by atoms with Crippen LogP contribution < -0.4 is 0 Å². The topological polar surface area (TPSA) is 70.0 Å². The van der Waals surface area contributed by atoms with Crippen molar-refractivity contribution in [3.8, 4) is 0 Å². The molecule has 4 rings (SSSR count). The largest absolute Gasteiger partial charge is 0.348 e. The molecule has 7 nitrogen and oxygen atoms in total. The number of aryl methyl sites for hydroxylation is 2. The van der Waals surface area contributed by atoms with E-state index in [-0.39, 0.29) is 11.4 Å². The monoisotopic (exact) mass is 370 g/mol. The number of H-pyrrole nitrogens is 1. The Kier molecular flexibility index (Phi) is 4.58. The van der Waals surface area contributed by atoms with Crippen molar-refractivity contribution in [1.29, 1.82) is 0 Å². The number of fused-ring (bicyclic) bond motifs is 2. The molecule has 146 valence electrons. The lowest BCUT2D eigenvalue weighted by Crippen LogP contribution is -2.57. The highest BCUT2D eigenvalue weighted by atomic mass is 16.2. The van der Waals surface area contributed by atoms with Crippen LogP contribution in [0.15, 0.2) is 12.5 Å². The summed E-state index contributed by atoms with van der Waals surface area (Å²) in [5.74, 6) is 0.712. The van der Waals surface area contributed by atoms with E-state index in [1.54, 1.807) is 4.68 Å². The van der Waals surface area contributed by atoms with Gasteiger partial charge >= 0.3 is 0 Å². The molecule has 27 heavy (non-hydrogen) atoms. The summed E-state index contributed by atoms with van der Waals surface area (Å²) in [5, 5.41) is 4.32.